The van der Waals surface area contributed by atoms with Gasteiger partial charge in [0.15, 0.2) is 0 Å². The molecule has 4 nitrogen and oxygen atoms in total. The molecule has 1 aromatic rings. The van der Waals surface area contributed by atoms with Crippen LogP contribution in [0, 0.1) is 0 Å². The minimum atomic E-state index is -3.38. The zero-order valence-electron chi connectivity index (χ0n) is 9.90. The highest BCUT2D eigenvalue weighted by atomic mass is 32.2. The van der Waals surface area contributed by atoms with Gasteiger partial charge in [-0.15, -0.1) is 0 Å². The van der Waals surface area contributed by atoms with Gasteiger partial charge in [0.1, 0.15) is 0 Å². The first-order chi connectivity index (χ1) is 8.13. The van der Waals surface area contributed by atoms with Crippen LogP contribution in [-0.4, -0.2) is 28.7 Å². The standard InChI is InChI=1S/C12H17NO3S/c1-16-8-7-13-17(14,15)12-6-5-10-3-2-4-11(10)9-12/h5-6,9,13H,2-4,7-8H2,1H3. The molecule has 94 valence electrons. The van der Waals surface area contributed by atoms with Gasteiger partial charge in [-0.25, -0.2) is 13.1 Å². The van der Waals surface area contributed by atoms with Crippen LogP contribution in [0.15, 0.2) is 23.1 Å². The van der Waals surface area contributed by atoms with Crippen molar-refractivity contribution in [1.29, 1.82) is 0 Å². The first kappa shape index (κ1) is 12.5. The number of aryl methyl sites for hydroxylation is 2. The van der Waals surface area contributed by atoms with Gasteiger partial charge in [0.2, 0.25) is 10.0 Å². The molecule has 0 radical (unpaired) electrons. The predicted octanol–water partition coefficient (Wildman–Crippen LogP) is 1.10. The highest BCUT2D eigenvalue weighted by Gasteiger charge is 2.17. The van der Waals surface area contributed by atoms with Gasteiger partial charge in [-0.3, -0.25) is 0 Å². The van der Waals surface area contributed by atoms with E-state index in [1.165, 1.54) is 11.1 Å². The summed E-state index contributed by atoms with van der Waals surface area (Å²) >= 11 is 0. The van der Waals surface area contributed by atoms with E-state index in [0.29, 0.717) is 18.0 Å². The third-order valence-corrected chi connectivity index (χ3v) is 4.44. The highest BCUT2D eigenvalue weighted by molar-refractivity contribution is 7.89. The van der Waals surface area contributed by atoms with E-state index >= 15 is 0 Å². The Hall–Kier alpha value is -0.910. The number of ether oxygens (including phenoxy) is 1. The molecule has 1 N–H and O–H groups in total. The van der Waals surface area contributed by atoms with Gasteiger partial charge in [0.05, 0.1) is 11.5 Å². The summed E-state index contributed by atoms with van der Waals surface area (Å²) in [5.41, 5.74) is 2.44. The lowest BCUT2D eigenvalue weighted by atomic mass is 10.1. The van der Waals surface area contributed by atoms with Crippen LogP contribution in [0.3, 0.4) is 0 Å². The second-order valence-electron chi connectivity index (χ2n) is 4.17. The summed E-state index contributed by atoms with van der Waals surface area (Å²) in [7, 11) is -1.84. The molecule has 0 unspecified atom stereocenters. The molecule has 2 rings (SSSR count). The van der Waals surface area contributed by atoms with Crippen molar-refractivity contribution in [2.75, 3.05) is 20.3 Å². The lowest BCUT2D eigenvalue weighted by Crippen LogP contribution is -2.27. The molecule has 0 amide bonds. The first-order valence-corrected chi connectivity index (χ1v) is 7.22. The molecule has 0 saturated carbocycles. The molecule has 0 aliphatic heterocycles. The van der Waals surface area contributed by atoms with Crippen molar-refractivity contribution in [2.24, 2.45) is 0 Å². The summed E-state index contributed by atoms with van der Waals surface area (Å²) in [6.07, 6.45) is 3.17. The molecule has 0 bridgehead atoms. The summed E-state index contributed by atoms with van der Waals surface area (Å²) in [5.74, 6) is 0. The average Bonchev–Trinajstić information content (AvgIpc) is 2.76. The van der Waals surface area contributed by atoms with Crippen LogP contribution in [0.2, 0.25) is 0 Å². The third kappa shape index (κ3) is 2.86. The maximum absolute atomic E-state index is 11.9. The van der Waals surface area contributed by atoms with Crippen LogP contribution >= 0.6 is 0 Å². The van der Waals surface area contributed by atoms with Crippen molar-refractivity contribution in [2.45, 2.75) is 24.2 Å². The molecule has 5 heteroatoms. The van der Waals surface area contributed by atoms with Crippen molar-refractivity contribution < 1.29 is 13.2 Å². The molecule has 0 aromatic heterocycles. The molecule has 0 saturated heterocycles. The Morgan fingerprint density at radius 2 is 2.06 bits per heavy atom. The minimum Gasteiger partial charge on any atom is -0.383 e. The van der Waals surface area contributed by atoms with E-state index in [4.69, 9.17) is 4.74 Å². The zero-order chi connectivity index (χ0) is 12.3. The van der Waals surface area contributed by atoms with Crippen LogP contribution in [-0.2, 0) is 27.6 Å². The van der Waals surface area contributed by atoms with Crippen LogP contribution in [0.1, 0.15) is 17.5 Å². The number of nitrogens with one attached hydrogen (secondary N) is 1. The van der Waals surface area contributed by atoms with Gasteiger partial charge in [-0.1, -0.05) is 6.07 Å². The number of hydrogen-bond acceptors (Lipinski definition) is 3. The summed E-state index contributed by atoms with van der Waals surface area (Å²) in [5, 5.41) is 0. The fourth-order valence-corrected chi connectivity index (χ4v) is 3.14. The van der Waals surface area contributed by atoms with Crippen molar-refractivity contribution in [1.82, 2.24) is 4.72 Å². The van der Waals surface area contributed by atoms with Crippen LogP contribution < -0.4 is 4.72 Å². The quantitative estimate of drug-likeness (QED) is 0.802. The number of rotatable bonds is 5. The Bertz CT molecular complexity index is 496. The summed E-state index contributed by atoms with van der Waals surface area (Å²) in [6.45, 7) is 0.681. The summed E-state index contributed by atoms with van der Waals surface area (Å²) in [4.78, 5) is 0.356. The fraction of sp³-hybridized carbons (Fsp3) is 0.500. The SMILES string of the molecule is COCCNS(=O)(=O)c1ccc2c(c1)CCC2. The van der Waals surface area contributed by atoms with Crippen molar-refractivity contribution in [3.8, 4) is 0 Å². The van der Waals surface area contributed by atoms with Gasteiger partial charge < -0.3 is 4.74 Å². The van der Waals surface area contributed by atoms with E-state index < -0.39 is 10.0 Å². The Morgan fingerprint density at radius 3 is 2.82 bits per heavy atom. The first-order valence-electron chi connectivity index (χ1n) is 5.74. The van der Waals surface area contributed by atoms with Crippen LogP contribution in [0.5, 0.6) is 0 Å². The maximum Gasteiger partial charge on any atom is 0.240 e. The Kier molecular flexibility index (Phi) is 3.81. The summed E-state index contributed by atoms with van der Waals surface area (Å²) < 4.78 is 31.2. The average molecular weight is 255 g/mol. The topological polar surface area (TPSA) is 55.4 Å². The van der Waals surface area contributed by atoms with E-state index in [-0.39, 0.29) is 0 Å². The molecule has 1 aliphatic carbocycles. The summed E-state index contributed by atoms with van der Waals surface area (Å²) in [6, 6.07) is 5.39. The molecule has 0 spiro atoms. The molecule has 1 aliphatic rings. The van der Waals surface area contributed by atoms with Gasteiger partial charge >= 0.3 is 0 Å². The van der Waals surface area contributed by atoms with Gasteiger partial charge in [-0.05, 0) is 42.5 Å². The maximum atomic E-state index is 11.9. The van der Waals surface area contributed by atoms with Crippen LogP contribution in [0.4, 0.5) is 0 Å². The lowest BCUT2D eigenvalue weighted by molar-refractivity contribution is 0.204. The Morgan fingerprint density at radius 1 is 1.29 bits per heavy atom. The second kappa shape index (κ2) is 5.16. The number of fused-ring (bicyclic) bond motifs is 1. The monoisotopic (exact) mass is 255 g/mol. The Balaban J connectivity index is 2.16. The molecular weight excluding hydrogens is 238 g/mol. The normalized spacial score (nSPS) is 14.9. The van der Waals surface area contributed by atoms with Gasteiger partial charge in [0, 0.05) is 13.7 Å². The van der Waals surface area contributed by atoms with E-state index in [2.05, 4.69) is 4.72 Å². The van der Waals surface area contributed by atoms with Crippen molar-refractivity contribution in [3.05, 3.63) is 29.3 Å². The Labute approximate surface area is 102 Å². The smallest absolute Gasteiger partial charge is 0.240 e. The molecule has 1 aromatic carbocycles. The van der Waals surface area contributed by atoms with E-state index in [0.717, 1.165) is 19.3 Å². The van der Waals surface area contributed by atoms with E-state index in [9.17, 15) is 8.42 Å². The number of methoxy groups -OCH3 is 1. The molecular formula is C12H17NO3S. The largest absolute Gasteiger partial charge is 0.383 e. The number of benzene rings is 1. The van der Waals surface area contributed by atoms with Gasteiger partial charge in [-0.2, -0.15) is 0 Å². The molecule has 0 atom stereocenters. The zero-order valence-corrected chi connectivity index (χ0v) is 10.7. The second-order valence-corrected chi connectivity index (χ2v) is 5.94. The van der Waals surface area contributed by atoms with Crippen molar-refractivity contribution >= 4 is 10.0 Å². The molecule has 17 heavy (non-hydrogen) atoms. The van der Waals surface area contributed by atoms with Crippen LogP contribution in [0.25, 0.3) is 0 Å². The van der Waals surface area contributed by atoms with E-state index in [1.807, 2.05) is 6.07 Å². The molecule has 0 heterocycles. The fourth-order valence-electron chi connectivity index (χ4n) is 2.08. The predicted molar refractivity (Wildman–Crippen MR) is 65.5 cm³/mol. The highest BCUT2D eigenvalue weighted by Crippen LogP contribution is 2.24. The third-order valence-electron chi connectivity index (χ3n) is 2.98. The minimum absolute atomic E-state index is 0.302. The number of sulfonamides is 1. The van der Waals surface area contributed by atoms with Gasteiger partial charge in [0.25, 0.3) is 0 Å². The number of hydrogen-bond donors (Lipinski definition) is 1. The molecule has 0 fully saturated rings. The lowest BCUT2D eigenvalue weighted by Gasteiger charge is -2.08. The van der Waals surface area contributed by atoms with E-state index in [1.54, 1.807) is 19.2 Å². The van der Waals surface area contributed by atoms with Crippen molar-refractivity contribution in [3.63, 3.8) is 0 Å².